The summed E-state index contributed by atoms with van der Waals surface area (Å²) < 4.78 is 29.5. The van der Waals surface area contributed by atoms with E-state index in [1.807, 2.05) is 12.1 Å². The Balaban J connectivity index is 2.03. The van der Waals surface area contributed by atoms with Crippen molar-refractivity contribution < 1.29 is 8.42 Å². The zero-order valence-electron chi connectivity index (χ0n) is 12.3. The number of nitrogens with zero attached hydrogens (tertiary/aromatic N) is 4. The molecule has 0 amide bonds. The van der Waals surface area contributed by atoms with Crippen LogP contribution in [0.4, 0.5) is 0 Å². The molecule has 124 valence electrons. The van der Waals surface area contributed by atoms with E-state index in [4.69, 9.17) is 17.3 Å². The van der Waals surface area contributed by atoms with Crippen molar-refractivity contribution >= 4 is 48.6 Å². The SMILES string of the molecule is NCCn1nc(S(=O)(=O)c2c(Cl)nc3sccn23)c2ccccc21. The molecule has 1 aromatic carbocycles. The second kappa shape index (κ2) is 5.55. The number of imidazole rings is 1. The molecule has 10 heteroatoms. The largest absolute Gasteiger partial charge is 0.329 e. The molecule has 0 aliphatic rings. The maximum Gasteiger partial charge on any atom is 0.245 e. The molecule has 7 nitrogen and oxygen atoms in total. The number of sulfone groups is 1. The smallest absolute Gasteiger partial charge is 0.245 e. The molecule has 4 rings (SSSR count). The number of fused-ring (bicyclic) bond motifs is 2. The van der Waals surface area contributed by atoms with Gasteiger partial charge in [0.25, 0.3) is 0 Å². The van der Waals surface area contributed by atoms with E-state index >= 15 is 0 Å². The standard InChI is InChI=1S/C14H12ClN5O2S2/c15-11-13(19-7-8-23-14(19)17-11)24(21,22)12-9-3-1-2-4-10(9)20(18-12)6-5-16/h1-4,7-8H,5-6,16H2. The molecule has 0 bridgehead atoms. The fourth-order valence-electron chi connectivity index (χ4n) is 2.66. The first-order chi connectivity index (χ1) is 11.5. The fraction of sp³-hybridized carbons (Fsp3) is 0.143. The minimum absolute atomic E-state index is 0.0403. The minimum Gasteiger partial charge on any atom is -0.329 e. The van der Waals surface area contributed by atoms with Gasteiger partial charge in [-0.15, -0.1) is 11.3 Å². The van der Waals surface area contributed by atoms with Crippen molar-refractivity contribution in [3.63, 3.8) is 0 Å². The lowest BCUT2D eigenvalue weighted by atomic mass is 10.2. The van der Waals surface area contributed by atoms with Gasteiger partial charge in [-0.1, -0.05) is 23.7 Å². The van der Waals surface area contributed by atoms with E-state index in [0.29, 0.717) is 29.0 Å². The summed E-state index contributed by atoms with van der Waals surface area (Å²) >= 11 is 7.41. The Kier molecular flexibility index (Phi) is 3.61. The number of aromatic nitrogens is 4. The van der Waals surface area contributed by atoms with Crippen molar-refractivity contribution in [2.45, 2.75) is 16.6 Å². The van der Waals surface area contributed by atoms with Gasteiger partial charge in [0, 0.05) is 23.5 Å². The van der Waals surface area contributed by atoms with Gasteiger partial charge in [0.05, 0.1) is 12.1 Å². The van der Waals surface area contributed by atoms with Crippen molar-refractivity contribution in [3.8, 4) is 0 Å². The van der Waals surface area contributed by atoms with Gasteiger partial charge in [-0.05, 0) is 12.1 Å². The molecule has 0 unspecified atom stereocenters. The Hall–Kier alpha value is -1.94. The summed E-state index contributed by atoms with van der Waals surface area (Å²) in [6, 6.07) is 7.14. The predicted molar refractivity (Wildman–Crippen MR) is 92.3 cm³/mol. The predicted octanol–water partition coefficient (Wildman–Crippen LogP) is 2.19. The summed E-state index contributed by atoms with van der Waals surface area (Å²) in [7, 11) is -3.94. The molecule has 0 aliphatic carbocycles. The van der Waals surface area contributed by atoms with Gasteiger partial charge in [-0.25, -0.2) is 13.4 Å². The average Bonchev–Trinajstić information content (AvgIpc) is 3.20. The third-order valence-electron chi connectivity index (χ3n) is 3.65. The van der Waals surface area contributed by atoms with E-state index in [1.165, 1.54) is 15.7 Å². The van der Waals surface area contributed by atoms with Crippen LogP contribution < -0.4 is 5.73 Å². The number of rotatable bonds is 4. The van der Waals surface area contributed by atoms with E-state index in [1.54, 1.807) is 28.4 Å². The highest BCUT2D eigenvalue weighted by atomic mass is 35.5. The Bertz CT molecular complexity index is 1160. The summed E-state index contributed by atoms with van der Waals surface area (Å²) in [5, 5.41) is 6.42. The zero-order chi connectivity index (χ0) is 16.9. The number of halogens is 1. The Morgan fingerprint density at radius 2 is 2.08 bits per heavy atom. The molecular weight excluding hydrogens is 370 g/mol. The fourth-order valence-corrected chi connectivity index (χ4v) is 5.48. The number of benzene rings is 1. The van der Waals surface area contributed by atoms with Crippen LogP contribution in [0, 0.1) is 0 Å². The van der Waals surface area contributed by atoms with E-state index in [2.05, 4.69) is 10.1 Å². The van der Waals surface area contributed by atoms with Gasteiger partial charge < -0.3 is 5.73 Å². The second-order valence-corrected chi connectivity index (χ2v) is 8.11. The van der Waals surface area contributed by atoms with Crippen molar-refractivity contribution in [1.82, 2.24) is 19.2 Å². The number of nitrogens with two attached hydrogens (primary N) is 1. The molecule has 24 heavy (non-hydrogen) atoms. The molecule has 0 atom stereocenters. The topological polar surface area (TPSA) is 95.3 Å². The second-order valence-electron chi connectivity index (χ2n) is 5.10. The average molecular weight is 382 g/mol. The van der Waals surface area contributed by atoms with Gasteiger partial charge in [0.2, 0.25) is 9.84 Å². The Morgan fingerprint density at radius 1 is 1.29 bits per heavy atom. The number of hydrogen-bond donors (Lipinski definition) is 1. The van der Waals surface area contributed by atoms with Crippen LogP contribution in [-0.4, -0.2) is 34.1 Å². The lowest BCUT2D eigenvalue weighted by Gasteiger charge is -2.01. The van der Waals surface area contributed by atoms with Crippen LogP contribution in [-0.2, 0) is 16.4 Å². The lowest BCUT2D eigenvalue weighted by molar-refractivity contribution is 0.576. The van der Waals surface area contributed by atoms with Crippen LogP contribution in [0.25, 0.3) is 15.9 Å². The first-order valence-corrected chi connectivity index (χ1v) is 9.80. The summed E-state index contributed by atoms with van der Waals surface area (Å²) in [6.45, 7) is 0.775. The lowest BCUT2D eigenvalue weighted by Crippen LogP contribution is -2.12. The summed E-state index contributed by atoms with van der Waals surface area (Å²) in [5.41, 5.74) is 6.32. The third kappa shape index (κ3) is 2.16. The van der Waals surface area contributed by atoms with Crippen LogP contribution in [0.15, 0.2) is 45.9 Å². The van der Waals surface area contributed by atoms with Crippen LogP contribution in [0.1, 0.15) is 0 Å². The quantitative estimate of drug-likeness (QED) is 0.584. The van der Waals surface area contributed by atoms with Crippen LogP contribution in [0.5, 0.6) is 0 Å². The molecule has 0 spiro atoms. The highest BCUT2D eigenvalue weighted by Gasteiger charge is 2.31. The molecule has 0 aliphatic heterocycles. The van der Waals surface area contributed by atoms with Gasteiger partial charge in [0.15, 0.2) is 20.2 Å². The highest BCUT2D eigenvalue weighted by molar-refractivity contribution is 7.91. The Labute approximate surface area is 146 Å². The van der Waals surface area contributed by atoms with Crippen LogP contribution in [0.2, 0.25) is 5.15 Å². The van der Waals surface area contributed by atoms with Gasteiger partial charge >= 0.3 is 0 Å². The van der Waals surface area contributed by atoms with E-state index in [-0.39, 0.29) is 15.2 Å². The number of thiazole rings is 1. The molecule has 0 fully saturated rings. The summed E-state index contributed by atoms with van der Waals surface area (Å²) in [6.07, 6.45) is 1.63. The van der Waals surface area contributed by atoms with Crippen molar-refractivity contribution in [3.05, 3.63) is 41.0 Å². The zero-order valence-corrected chi connectivity index (χ0v) is 14.6. The number of para-hydroxylation sites is 1. The maximum atomic E-state index is 13.2. The van der Waals surface area contributed by atoms with E-state index < -0.39 is 9.84 Å². The van der Waals surface area contributed by atoms with Gasteiger partial charge in [-0.3, -0.25) is 9.08 Å². The highest BCUT2D eigenvalue weighted by Crippen LogP contribution is 2.33. The molecule has 2 N–H and O–H groups in total. The first-order valence-electron chi connectivity index (χ1n) is 7.06. The van der Waals surface area contributed by atoms with Crippen LogP contribution >= 0.6 is 22.9 Å². The summed E-state index contributed by atoms with van der Waals surface area (Å²) in [5.74, 6) is 0. The molecule has 0 saturated heterocycles. The molecule has 3 aromatic heterocycles. The van der Waals surface area contributed by atoms with E-state index in [0.717, 1.165) is 0 Å². The Morgan fingerprint density at radius 3 is 2.88 bits per heavy atom. The van der Waals surface area contributed by atoms with Crippen molar-refractivity contribution in [1.29, 1.82) is 0 Å². The molecule has 0 radical (unpaired) electrons. The first kappa shape index (κ1) is 15.6. The minimum atomic E-state index is -3.94. The normalized spacial score (nSPS) is 12.4. The molecular formula is C14H12ClN5O2S2. The van der Waals surface area contributed by atoms with Gasteiger partial charge in [-0.2, -0.15) is 5.10 Å². The molecule has 4 aromatic rings. The van der Waals surface area contributed by atoms with Crippen molar-refractivity contribution in [2.24, 2.45) is 5.73 Å². The maximum absolute atomic E-state index is 13.2. The van der Waals surface area contributed by atoms with Crippen molar-refractivity contribution in [2.75, 3.05) is 6.54 Å². The molecule has 3 heterocycles. The van der Waals surface area contributed by atoms with Crippen LogP contribution in [0.3, 0.4) is 0 Å². The number of hydrogen-bond acceptors (Lipinski definition) is 6. The van der Waals surface area contributed by atoms with Gasteiger partial charge in [0.1, 0.15) is 0 Å². The molecule has 0 saturated carbocycles. The van der Waals surface area contributed by atoms with E-state index in [9.17, 15) is 8.42 Å². The monoisotopic (exact) mass is 381 g/mol. The third-order valence-corrected chi connectivity index (χ3v) is 6.49. The summed E-state index contributed by atoms with van der Waals surface area (Å²) in [4.78, 5) is 4.62.